The van der Waals surface area contributed by atoms with E-state index in [1.807, 2.05) is 13.8 Å². The van der Waals surface area contributed by atoms with Gasteiger partial charge in [-0.3, -0.25) is 0 Å². The smallest absolute Gasteiger partial charge is 1.00 e. The first-order valence-electron chi connectivity index (χ1n) is 1.99. The van der Waals surface area contributed by atoms with Crippen molar-refractivity contribution in [2.45, 2.75) is 13.8 Å². The van der Waals surface area contributed by atoms with Crippen molar-refractivity contribution >= 4 is 0 Å². The SMILES string of the molecule is CCOCC.[C+4].[F-].[F-].[F-].[F-]. The first-order valence-corrected chi connectivity index (χ1v) is 1.99. The van der Waals surface area contributed by atoms with Crippen LogP contribution in [0.25, 0.3) is 0 Å². The largest absolute Gasteiger partial charge is 4.00 e. The van der Waals surface area contributed by atoms with Crippen molar-refractivity contribution in [1.29, 1.82) is 0 Å². The molecule has 0 heterocycles. The summed E-state index contributed by atoms with van der Waals surface area (Å²) in [6.45, 7) is 5.67. The van der Waals surface area contributed by atoms with Crippen molar-refractivity contribution < 1.29 is 23.6 Å². The van der Waals surface area contributed by atoms with Crippen molar-refractivity contribution in [1.82, 2.24) is 0 Å². The molecule has 0 amide bonds. The summed E-state index contributed by atoms with van der Waals surface area (Å²) in [4.78, 5) is 0. The van der Waals surface area contributed by atoms with E-state index in [0.29, 0.717) is 0 Å². The van der Waals surface area contributed by atoms with E-state index in [9.17, 15) is 0 Å². The summed E-state index contributed by atoms with van der Waals surface area (Å²) >= 11 is 0. The maximum atomic E-state index is 4.83. The third-order valence-corrected chi connectivity index (χ3v) is 0.408. The topological polar surface area (TPSA) is 9.23 Å². The van der Waals surface area contributed by atoms with Crippen molar-refractivity contribution in [3.05, 3.63) is 7.43 Å². The Morgan fingerprint density at radius 1 is 0.800 bits per heavy atom. The molecule has 10 heavy (non-hydrogen) atoms. The fourth-order valence-electron chi connectivity index (χ4n) is 0.204. The van der Waals surface area contributed by atoms with E-state index in [-0.39, 0.29) is 26.2 Å². The Kier molecular flexibility index (Phi) is 384. The minimum absolute atomic E-state index is 0. The summed E-state index contributed by atoms with van der Waals surface area (Å²) in [5.41, 5.74) is 0. The van der Waals surface area contributed by atoms with Crippen LogP contribution in [0.3, 0.4) is 0 Å². The van der Waals surface area contributed by atoms with Crippen molar-refractivity contribution in [2.24, 2.45) is 0 Å². The molecule has 0 aliphatic rings. The molecule has 0 aromatic heterocycles. The Bertz CT molecular complexity index is 21.1. The van der Waals surface area contributed by atoms with Crippen LogP contribution in [0.15, 0.2) is 0 Å². The summed E-state index contributed by atoms with van der Waals surface area (Å²) in [6.07, 6.45) is 0. The molecule has 0 N–H and O–H groups in total. The van der Waals surface area contributed by atoms with Crippen molar-refractivity contribution in [3.63, 3.8) is 0 Å². The Labute approximate surface area is 59.2 Å². The number of halogens is 4. The molecule has 1 nitrogen and oxygen atoms in total. The van der Waals surface area contributed by atoms with Crippen molar-refractivity contribution in [2.75, 3.05) is 13.2 Å². The van der Waals surface area contributed by atoms with E-state index in [4.69, 9.17) is 4.74 Å². The Morgan fingerprint density at radius 3 is 1.00 bits per heavy atom. The number of rotatable bonds is 2. The summed E-state index contributed by atoms with van der Waals surface area (Å²) in [5, 5.41) is 0. The zero-order chi connectivity index (χ0) is 4.12. The molecule has 0 aliphatic carbocycles. The van der Waals surface area contributed by atoms with Crippen LogP contribution in [0.2, 0.25) is 0 Å². The van der Waals surface area contributed by atoms with Crippen LogP contribution >= 0.6 is 0 Å². The molecule has 0 aromatic rings. The summed E-state index contributed by atoms with van der Waals surface area (Å²) < 4.78 is 4.83. The second-order valence-electron chi connectivity index (χ2n) is 0.781. The van der Waals surface area contributed by atoms with Gasteiger partial charge in [-0.2, -0.15) is 0 Å². The maximum absolute atomic E-state index is 4.83. The number of ether oxygens (including phenoxy) is 1. The fraction of sp³-hybridized carbons (Fsp3) is 0.800. The van der Waals surface area contributed by atoms with Gasteiger partial charge in [-0.15, -0.1) is 0 Å². The molecule has 0 fully saturated rings. The van der Waals surface area contributed by atoms with Gasteiger partial charge in [-0.25, -0.2) is 0 Å². The molecule has 0 radical (unpaired) electrons. The first kappa shape index (κ1) is 53.9. The van der Waals surface area contributed by atoms with Crippen LogP contribution in [0.5, 0.6) is 0 Å². The third kappa shape index (κ3) is 121. The standard InChI is InChI=1S/C4H10O.C.4FH/c1-3-5-4-2;;;;;/h3-4H2,1-2H3;;4*1H/q;+4;;;;/p-4. The van der Waals surface area contributed by atoms with Crippen LogP contribution in [-0.4, -0.2) is 13.2 Å². The Balaban J connectivity index is -0.00000000800. The van der Waals surface area contributed by atoms with Crippen LogP contribution in [0.4, 0.5) is 0 Å². The quantitative estimate of drug-likeness (QED) is 0.366. The molecular weight excluding hydrogens is 152 g/mol. The number of hydrogen-bond acceptors (Lipinski definition) is 1. The second kappa shape index (κ2) is 71.3. The number of hydrogen-bond donors (Lipinski definition) is 0. The molecule has 0 atom stereocenters. The van der Waals surface area contributed by atoms with Gasteiger partial charge < -0.3 is 23.6 Å². The van der Waals surface area contributed by atoms with Crippen LogP contribution in [0.1, 0.15) is 13.8 Å². The molecule has 5 heteroatoms. The minimum atomic E-state index is 0. The van der Waals surface area contributed by atoms with E-state index in [1.54, 1.807) is 0 Å². The molecule has 0 saturated heterocycles. The zero-order valence-corrected chi connectivity index (χ0v) is 5.83. The Morgan fingerprint density at radius 2 is 1.00 bits per heavy atom. The monoisotopic (exact) mass is 162 g/mol. The molecule has 0 rings (SSSR count). The normalized spacial score (nSPS) is 4.20. The van der Waals surface area contributed by atoms with Gasteiger partial charge >= 0.3 is 7.43 Å². The molecule has 0 saturated carbocycles. The first-order chi connectivity index (χ1) is 2.41. The van der Waals surface area contributed by atoms with Gasteiger partial charge in [-0.05, 0) is 13.8 Å². The minimum Gasteiger partial charge on any atom is -1.00 e. The molecule has 64 valence electrons. The average molecular weight is 162 g/mol. The van der Waals surface area contributed by atoms with Crippen LogP contribution in [-0.2, 0) is 4.74 Å². The van der Waals surface area contributed by atoms with Gasteiger partial charge in [0.2, 0.25) is 0 Å². The molecular formula is C5H10F4O. The van der Waals surface area contributed by atoms with E-state index in [1.165, 1.54) is 0 Å². The van der Waals surface area contributed by atoms with E-state index in [2.05, 4.69) is 0 Å². The van der Waals surface area contributed by atoms with Crippen LogP contribution < -0.4 is 18.8 Å². The molecule has 0 aliphatic heterocycles. The van der Waals surface area contributed by atoms with E-state index >= 15 is 0 Å². The maximum Gasteiger partial charge on any atom is 4.00 e. The summed E-state index contributed by atoms with van der Waals surface area (Å²) in [7, 11) is 0. The van der Waals surface area contributed by atoms with E-state index < -0.39 is 0 Å². The average Bonchev–Trinajstić information content (AvgIpc) is 1.41. The molecule has 0 aromatic carbocycles. The van der Waals surface area contributed by atoms with Gasteiger partial charge in [0.05, 0.1) is 0 Å². The van der Waals surface area contributed by atoms with Gasteiger partial charge in [0.1, 0.15) is 0 Å². The van der Waals surface area contributed by atoms with Gasteiger partial charge in [0, 0.05) is 13.2 Å². The zero-order valence-electron chi connectivity index (χ0n) is 5.83. The predicted molar refractivity (Wildman–Crippen MR) is 25.4 cm³/mol. The third-order valence-electron chi connectivity index (χ3n) is 0.408. The summed E-state index contributed by atoms with van der Waals surface area (Å²) in [5.74, 6) is 0. The second-order valence-corrected chi connectivity index (χ2v) is 0.781. The van der Waals surface area contributed by atoms with Gasteiger partial charge in [-0.1, -0.05) is 0 Å². The molecule has 0 spiro atoms. The molecule has 0 unspecified atom stereocenters. The predicted octanol–water partition coefficient (Wildman–Crippen LogP) is -10.9. The van der Waals surface area contributed by atoms with Gasteiger partial charge in [0.15, 0.2) is 0 Å². The summed E-state index contributed by atoms with van der Waals surface area (Å²) in [6, 6.07) is 0. The Hall–Kier alpha value is -0.320. The van der Waals surface area contributed by atoms with Crippen molar-refractivity contribution in [3.8, 4) is 0 Å². The molecule has 0 bridgehead atoms. The van der Waals surface area contributed by atoms with E-state index in [0.717, 1.165) is 13.2 Å². The fourth-order valence-corrected chi connectivity index (χ4v) is 0.204. The van der Waals surface area contributed by atoms with Crippen LogP contribution in [0, 0.1) is 7.43 Å². The van der Waals surface area contributed by atoms with Gasteiger partial charge in [0.25, 0.3) is 0 Å².